The van der Waals surface area contributed by atoms with Crippen molar-refractivity contribution in [3.63, 3.8) is 0 Å². The molecule has 1 rings (SSSR count). The van der Waals surface area contributed by atoms with Crippen molar-refractivity contribution in [2.24, 2.45) is 0 Å². The lowest BCUT2D eigenvalue weighted by molar-refractivity contribution is -0.133. The summed E-state index contributed by atoms with van der Waals surface area (Å²) in [6.07, 6.45) is 4.02. The maximum Gasteiger partial charge on any atom is 0.222 e. The minimum atomic E-state index is 0.197. The number of rotatable bonds is 6. The first-order chi connectivity index (χ1) is 10.1. The number of nitrogens with zero attached hydrogens (tertiary/aromatic N) is 2. The van der Waals surface area contributed by atoms with Crippen molar-refractivity contribution >= 4 is 5.91 Å². The third kappa shape index (κ3) is 7.59. The fraction of sp³-hybridized carbons (Fsp3) is 0.944. The summed E-state index contributed by atoms with van der Waals surface area (Å²) in [4.78, 5) is 16.8. The van der Waals surface area contributed by atoms with Gasteiger partial charge in [0.2, 0.25) is 5.91 Å². The number of nitrogens with one attached hydrogen (secondary N) is 1. The van der Waals surface area contributed by atoms with Crippen molar-refractivity contribution in [2.75, 3.05) is 32.7 Å². The predicted octanol–water partition coefficient (Wildman–Crippen LogP) is 2.88. The summed E-state index contributed by atoms with van der Waals surface area (Å²) in [5.74, 6) is 0.345. The van der Waals surface area contributed by atoms with Gasteiger partial charge in [0.15, 0.2) is 0 Å². The summed E-state index contributed by atoms with van der Waals surface area (Å²) in [5.41, 5.74) is 0.414. The molecule has 22 heavy (non-hydrogen) atoms. The third-order valence-corrected chi connectivity index (χ3v) is 4.30. The van der Waals surface area contributed by atoms with E-state index < -0.39 is 0 Å². The molecule has 1 aliphatic heterocycles. The number of carbonyl (C=O) groups is 1. The molecule has 1 fully saturated rings. The average Bonchev–Trinajstić information content (AvgIpc) is 2.40. The van der Waals surface area contributed by atoms with Gasteiger partial charge in [-0.25, -0.2) is 0 Å². The normalized spacial score (nSPS) is 17.8. The largest absolute Gasteiger partial charge is 0.340 e. The first-order valence-corrected chi connectivity index (χ1v) is 8.87. The van der Waals surface area contributed by atoms with Crippen molar-refractivity contribution in [1.29, 1.82) is 0 Å². The van der Waals surface area contributed by atoms with E-state index in [-0.39, 0.29) is 11.1 Å². The zero-order valence-electron chi connectivity index (χ0n) is 15.7. The van der Waals surface area contributed by atoms with Gasteiger partial charge >= 0.3 is 0 Å². The van der Waals surface area contributed by atoms with Crippen LogP contribution in [0.25, 0.3) is 0 Å². The second kappa shape index (κ2) is 8.30. The first kappa shape index (κ1) is 19.4. The highest BCUT2D eigenvalue weighted by Gasteiger charge is 2.27. The lowest BCUT2D eigenvalue weighted by atomic mass is 10.0. The Bertz CT molecular complexity index is 333. The predicted molar refractivity (Wildman–Crippen MR) is 94.1 cm³/mol. The van der Waals surface area contributed by atoms with E-state index in [0.29, 0.717) is 12.3 Å². The standard InChI is InChI=1S/C18H37N3O/c1-17(2,3)19-11-9-7-8-10-16(22)20-12-14-21(15-13-20)18(4,5)6/h19H,7-15H2,1-6H3. The van der Waals surface area contributed by atoms with Crippen molar-refractivity contribution in [3.05, 3.63) is 0 Å². The number of hydrogen-bond acceptors (Lipinski definition) is 3. The lowest BCUT2D eigenvalue weighted by Gasteiger charge is -2.42. The van der Waals surface area contributed by atoms with Gasteiger partial charge in [-0.05, 0) is 60.9 Å². The molecule has 0 aromatic heterocycles. The highest BCUT2D eigenvalue weighted by molar-refractivity contribution is 5.76. The zero-order valence-corrected chi connectivity index (χ0v) is 15.7. The van der Waals surface area contributed by atoms with Crippen molar-refractivity contribution in [1.82, 2.24) is 15.1 Å². The Morgan fingerprint density at radius 2 is 1.50 bits per heavy atom. The number of hydrogen-bond donors (Lipinski definition) is 1. The summed E-state index contributed by atoms with van der Waals surface area (Å²) in [6, 6.07) is 0. The number of unbranched alkanes of at least 4 members (excludes halogenated alkanes) is 2. The molecule has 0 aliphatic carbocycles. The molecule has 0 bridgehead atoms. The summed E-state index contributed by atoms with van der Waals surface area (Å²) < 4.78 is 0. The Morgan fingerprint density at radius 3 is 2.00 bits per heavy atom. The van der Waals surface area contributed by atoms with Crippen molar-refractivity contribution < 1.29 is 4.79 Å². The monoisotopic (exact) mass is 311 g/mol. The van der Waals surface area contributed by atoms with Gasteiger partial charge in [-0.2, -0.15) is 0 Å². The molecule has 0 spiro atoms. The third-order valence-electron chi connectivity index (χ3n) is 4.30. The van der Waals surface area contributed by atoms with Gasteiger partial charge < -0.3 is 10.2 Å². The van der Waals surface area contributed by atoms with E-state index in [1.165, 1.54) is 0 Å². The Kier molecular flexibility index (Phi) is 7.33. The van der Waals surface area contributed by atoms with E-state index in [4.69, 9.17) is 0 Å². The van der Waals surface area contributed by atoms with Gasteiger partial charge in [0, 0.05) is 43.7 Å². The van der Waals surface area contributed by atoms with Crippen LogP contribution >= 0.6 is 0 Å². The molecule has 1 aliphatic rings. The van der Waals surface area contributed by atoms with Crippen LogP contribution in [0.1, 0.15) is 67.2 Å². The Labute approximate surface area is 137 Å². The van der Waals surface area contributed by atoms with E-state index in [1.54, 1.807) is 0 Å². The fourth-order valence-electron chi connectivity index (χ4n) is 2.83. The molecule has 0 saturated carbocycles. The van der Waals surface area contributed by atoms with Crippen LogP contribution in [0.3, 0.4) is 0 Å². The van der Waals surface area contributed by atoms with E-state index in [2.05, 4.69) is 56.7 Å². The minimum Gasteiger partial charge on any atom is -0.340 e. The molecule has 4 heteroatoms. The maximum absolute atomic E-state index is 12.2. The molecule has 0 aromatic rings. The van der Waals surface area contributed by atoms with Gasteiger partial charge in [0.25, 0.3) is 0 Å². The van der Waals surface area contributed by atoms with Crippen LogP contribution < -0.4 is 5.32 Å². The van der Waals surface area contributed by atoms with Crippen LogP contribution in [-0.4, -0.2) is 59.5 Å². The van der Waals surface area contributed by atoms with Gasteiger partial charge in [-0.15, -0.1) is 0 Å². The average molecular weight is 312 g/mol. The zero-order chi connectivity index (χ0) is 16.8. The molecule has 0 atom stereocenters. The smallest absolute Gasteiger partial charge is 0.222 e. The summed E-state index contributed by atoms with van der Waals surface area (Å²) >= 11 is 0. The fourth-order valence-corrected chi connectivity index (χ4v) is 2.83. The van der Waals surface area contributed by atoms with Gasteiger partial charge in [-0.3, -0.25) is 9.69 Å². The van der Waals surface area contributed by atoms with Gasteiger partial charge in [-0.1, -0.05) is 6.42 Å². The summed E-state index contributed by atoms with van der Waals surface area (Å²) in [5, 5.41) is 3.49. The number of carbonyl (C=O) groups excluding carboxylic acids is 1. The minimum absolute atomic E-state index is 0.197. The van der Waals surface area contributed by atoms with Gasteiger partial charge in [0.1, 0.15) is 0 Å². The van der Waals surface area contributed by atoms with E-state index in [9.17, 15) is 4.79 Å². The van der Waals surface area contributed by atoms with Gasteiger partial charge in [0.05, 0.1) is 0 Å². The molecule has 1 N–H and O–H groups in total. The molecule has 0 unspecified atom stereocenters. The molecular weight excluding hydrogens is 274 g/mol. The Hall–Kier alpha value is -0.610. The SMILES string of the molecule is CC(C)(C)NCCCCCC(=O)N1CCN(C(C)(C)C)CC1. The highest BCUT2D eigenvalue weighted by Crippen LogP contribution is 2.16. The van der Waals surface area contributed by atoms with Crippen LogP contribution in [0.5, 0.6) is 0 Å². The van der Waals surface area contributed by atoms with Crippen LogP contribution in [0.4, 0.5) is 0 Å². The van der Waals surface area contributed by atoms with Crippen LogP contribution in [-0.2, 0) is 4.79 Å². The summed E-state index contributed by atoms with van der Waals surface area (Å²) in [6.45, 7) is 18.1. The van der Waals surface area contributed by atoms with E-state index >= 15 is 0 Å². The molecule has 1 saturated heterocycles. The van der Waals surface area contributed by atoms with E-state index in [0.717, 1.165) is 52.0 Å². The highest BCUT2D eigenvalue weighted by atomic mass is 16.2. The molecule has 1 amide bonds. The van der Waals surface area contributed by atoms with E-state index in [1.807, 2.05) is 0 Å². The first-order valence-electron chi connectivity index (χ1n) is 8.87. The van der Waals surface area contributed by atoms with Crippen molar-refractivity contribution in [3.8, 4) is 0 Å². The molecule has 0 aromatic carbocycles. The maximum atomic E-state index is 12.2. The molecule has 4 nitrogen and oxygen atoms in total. The molecule has 130 valence electrons. The van der Waals surface area contributed by atoms with Crippen LogP contribution in [0, 0.1) is 0 Å². The Balaban J connectivity index is 2.12. The summed E-state index contributed by atoms with van der Waals surface area (Å²) in [7, 11) is 0. The number of piperazine rings is 1. The second-order valence-electron chi connectivity index (χ2n) is 8.53. The van der Waals surface area contributed by atoms with Crippen molar-refractivity contribution in [2.45, 2.75) is 78.3 Å². The topological polar surface area (TPSA) is 35.6 Å². The quantitative estimate of drug-likeness (QED) is 0.766. The molecule has 0 radical (unpaired) electrons. The molecule has 1 heterocycles. The van der Waals surface area contributed by atoms with Crippen LogP contribution in [0.2, 0.25) is 0 Å². The Morgan fingerprint density at radius 1 is 0.909 bits per heavy atom. The second-order valence-corrected chi connectivity index (χ2v) is 8.53. The van der Waals surface area contributed by atoms with Crippen LogP contribution in [0.15, 0.2) is 0 Å². The number of amides is 1. The molecular formula is C18H37N3O. The lowest BCUT2D eigenvalue weighted by Crippen LogP contribution is -2.54.